The quantitative estimate of drug-likeness (QED) is 0.391. The summed E-state index contributed by atoms with van der Waals surface area (Å²) in [6.07, 6.45) is 2.81. The first-order chi connectivity index (χ1) is 14.5. The molecule has 1 aromatic heterocycles. The first-order valence-corrected chi connectivity index (χ1v) is 11.2. The molecular formula is C21H18Cl2IN3O4. The third-order valence-corrected chi connectivity index (χ3v) is 6.76. The van der Waals surface area contributed by atoms with E-state index in [1.54, 1.807) is 38.1 Å². The Balaban J connectivity index is 1.73. The number of ketones is 1. The lowest BCUT2D eigenvalue weighted by atomic mass is 9.68. The molecule has 1 heterocycles. The Labute approximate surface area is 202 Å². The summed E-state index contributed by atoms with van der Waals surface area (Å²) in [5.74, 6) is -1.50. The number of anilines is 1. The minimum Gasteiger partial charge on any atom is -0.480 e. The summed E-state index contributed by atoms with van der Waals surface area (Å²) in [4.78, 5) is 44.4. The minimum atomic E-state index is -1.06. The Morgan fingerprint density at radius 2 is 1.81 bits per heavy atom. The Kier molecular flexibility index (Phi) is 7.02. The Morgan fingerprint density at radius 1 is 1.23 bits per heavy atom. The smallest absolute Gasteiger partial charge is 0.328 e. The SMILES string of the molecule is CC1(C)C(=O)C(I)C1=N[C@@H](Cc1ccc(NC(=O)c2c(Cl)cncc2Cl)cc1)C(=O)O. The number of pyridine rings is 1. The molecule has 1 fully saturated rings. The molecule has 2 aromatic rings. The van der Waals surface area contributed by atoms with Gasteiger partial charge in [0.15, 0.2) is 11.8 Å². The standard InChI is InChI=1S/C21H18Cl2IN3O4/c1-21(2)17(16(24)18(21)28)27-14(20(30)31)7-10-3-5-11(6-4-10)26-19(29)15-12(22)8-25-9-13(15)23/h3-6,8-9,14,16H,7H2,1-2H3,(H,26,29)(H,30,31)/t14-,16?/m0/s1. The van der Waals surface area contributed by atoms with Gasteiger partial charge in [-0.2, -0.15) is 0 Å². The summed E-state index contributed by atoms with van der Waals surface area (Å²) in [5, 5.41) is 12.6. The van der Waals surface area contributed by atoms with Crippen molar-refractivity contribution in [2.75, 3.05) is 5.32 Å². The average molecular weight is 574 g/mol. The number of hydrogen-bond acceptors (Lipinski definition) is 5. The van der Waals surface area contributed by atoms with Crippen LogP contribution < -0.4 is 5.32 Å². The predicted octanol–water partition coefficient (Wildman–Crippen LogP) is 4.49. The molecule has 2 atom stereocenters. The highest BCUT2D eigenvalue weighted by atomic mass is 127. The van der Waals surface area contributed by atoms with Crippen LogP contribution in [-0.2, 0) is 16.0 Å². The lowest BCUT2D eigenvalue weighted by Gasteiger charge is -2.40. The number of carbonyl (C=O) groups excluding carboxylic acids is 2. The van der Waals surface area contributed by atoms with Gasteiger partial charge in [0.2, 0.25) is 0 Å². The van der Waals surface area contributed by atoms with Crippen molar-refractivity contribution in [2.24, 2.45) is 10.4 Å². The largest absolute Gasteiger partial charge is 0.480 e. The second-order valence-corrected chi connectivity index (χ2v) is 9.61. The molecule has 0 bridgehead atoms. The van der Waals surface area contributed by atoms with Crippen LogP contribution in [0.5, 0.6) is 0 Å². The number of carboxylic acid groups (broad SMARTS) is 1. The second kappa shape index (κ2) is 9.22. The molecule has 1 aliphatic carbocycles. The van der Waals surface area contributed by atoms with Gasteiger partial charge in [0.1, 0.15) is 3.92 Å². The molecule has 0 aliphatic heterocycles. The van der Waals surface area contributed by atoms with E-state index in [0.29, 0.717) is 11.4 Å². The molecule has 0 radical (unpaired) electrons. The van der Waals surface area contributed by atoms with Crippen LogP contribution >= 0.6 is 45.8 Å². The van der Waals surface area contributed by atoms with Gasteiger partial charge in [0, 0.05) is 30.2 Å². The van der Waals surface area contributed by atoms with Crippen LogP contribution in [0.2, 0.25) is 10.0 Å². The second-order valence-electron chi connectivity index (χ2n) is 7.55. The first kappa shape index (κ1) is 23.6. The van der Waals surface area contributed by atoms with Gasteiger partial charge in [-0.3, -0.25) is 19.6 Å². The fraction of sp³-hybridized carbons (Fsp3) is 0.286. The maximum Gasteiger partial charge on any atom is 0.328 e. The van der Waals surface area contributed by atoms with Gasteiger partial charge in [0.25, 0.3) is 5.91 Å². The molecule has 1 saturated carbocycles. The Morgan fingerprint density at radius 3 is 2.32 bits per heavy atom. The molecule has 1 amide bonds. The number of nitrogens with zero attached hydrogens (tertiary/aromatic N) is 2. The molecular weight excluding hydrogens is 556 g/mol. The number of aliphatic imine (C=N–C) groups is 1. The number of nitrogens with one attached hydrogen (secondary N) is 1. The molecule has 1 unspecified atom stereocenters. The number of aromatic nitrogens is 1. The monoisotopic (exact) mass is 573 g/mol. The topological polar surface area (TPSA) is 109 Å². The number of Topliss-reactive ketones (excluding diaryl/α,β-unsaturated/α-hetero) is 1. The molecule has 1 aliphatic rings. The number of aliphatic carboxylic acids is 1. The van der Waals surface area contributed by atoms with E-state index in [2.05, 4.69) is 15.3 Å². The van der Waals surface area contributed by atoms with Gasteiger partial charge >= 0.3 is 5.97 Å². The van der Waals surface area contributed by atoms with E-state index in [-0.39, 0.29) is 31.7 Å². The summed E-state index contributed by atoms with van der Waals surface area (Å²) < 4.78 is -0.390. The number of carboxylic acids is 1. The number of carbonyl (C=O) groups is 3. The van der Waals surface area contributed by atoms with Gasteiger partial charge in [0.05, 0.1) is 21.0 Å². The highest BCUT2D eigenvalue weighted by Crippen LogP contribution is 2.39. The number of benzene rings is 1. The van der Waals surface area contributed by atoms with Crippen molar-refractivity contribution in [3.8, 4) is 0 Å². The van der Waals surface area contributed by atoms with Crippen LogP contribution in [0.3, 0.4) is 0 Å². The Bertz CT molecular complexity index is 1070. The van der Waals surface area contributed by atoms with Crippen molar-refractivity contribution in [3.05, 3.63) is 57.8 Å². The maximum absolute atomic E-state index is 12.5. The molecule has 31 heavy (non-hydrogen) atoms. The Hall–Kier alpha value is -2.04. The highest BCUT2D eigenvalue weighted by Gasteiger charge is 2.52. The van der Waals surface area contributed by atoms with Gasteiger partial charge in [-0.15, -0.1) is 0 Å². The third kappa shape index (κ3) is 4.91. The zero-order chi connectivity index (χ0) is 22.9. The summed E-state index contributed by atoms with van der Waals surface area (Å²) in [6, 6.07) is 5.72. The van der Waals surface area contributed by atoms with E-state index < -0.39 is 23.3 Å². The van der Waals surface area contributed by atoms with E-state index in [1.165, 1.54) is 12.4 Å². The molecule has 0 saturated heterocycles. The number of hydrogen-bond donors (Lipinski definition) is 2. The van der Waals surface area contributed by atoms with Crippen molar-refractivity contribution < 1.29 is 19.5 Å². The summed E-state index contributed by atoms with van der Waals surface area (Å²) in [7, 11) is 0. The summed E-state index contributed by atoms with van der Waals surface area (Å²) >= 11 is 14.0. The van der Waals surface area contributed by atoms with E-state index in [9.17, 15) is 19.5 Å². The van der Waals surface area contributed by atoms with Crippen LogP contribution in [-0.4, -0.2) is 43.4 Å². The van der Waals surface area contributed by atoms with Crippen LogP contribution in [0.4, 0.5) is 5.69 Å². The molecule has 2 N–H and O–H groups in total. The summed E-state index contributed by atoms with van der Waals surface area (Å²) in [5.41, 5.74) is 1.20. The van der Waals surface area contributed by atoms with Gasteiger partial charge in [-0.1, -0.05) is 57.9 Å². The zero-order valence-corrected chi connectivity index (χ0v) is 20.2. The molecule has 162 valence electrons. The maximum atomic E-state index is 12.5. The van der Waals surface area contributed by atoms with Gasteiger partial charge in [-0.25, -0.2) is 4.79 Å². The minimum absolute atomic E-state index is 0.0467. The van der Waals surface area contributed by atoms with Crippen LogP contribution in [0.1, 0.15) is 29.8 Å². The highest BCUT2D eigenvalue weighted by molar-refractivity contribution is 14.1. The van der Waals surface area contributed by atoms with E-state index in [1.807, 2.05) is 22.6 Å². The first-order valence-electron chi connectivity index (χ1n) is 9.21. The third-order valence-electron chi connectivity index (χ3n) is 5.03. The lowest BCUT2D eigenvalue weighted by molar-refractivity contribution is -0.138. The van der Waals surface area contributed by atoms with Crippen LogP contribution in [0.15, 0.2) is 41.7 Å². The molecule has 3 rings (SSSR count). The fourth-order valence-electron chi connectivity index (χ4n) is 3.16. The van der Waals surface area contributed by atoms with E-state index >= 15 is 0 Å². The van der Waals surface area contributed by atoms with E-state index in [4.69, 9.17) is 23.2 Å². The fourth-order valence-corrected chi connectivity index (χ4v) is 5.41. The van der Waals surface area contributed by atoms with Crippen molar-refractivity contribution in [2.45, 2.75) is 30.2 Å². The molecule has 10 heteroatoms. The number of alkyl halides is 1. The number of halogens is 3. The lowest BCUT2D eigenvalue weighted by Crippen LogP contribution is -2.57. The molecule has 7 nitrogen and oxygen atoms in total. The van der Waals surface area contributed by atoms with Gasteiger partial charge in [-0.05, 0) is 31.5 Å². The zero-order valence-electron chi connectivity index (χ0n) is 16.5. The molecule has 0 spiro atoms. The number of rotatable bonds is 6. The van der Waals surface area contributed by atoms with Gasteiger partial charge < -0.3 is 10.4 Å². The van der Waals surface area contributed by atoms with E-state index in [0.717, 1.165) is 5.56 Å². The van der Waals surface area contributed by atoms with Crippen molar-refractivity contribution in [1.82, 2.24) is 4.98 Å². The van der Waals surface area contributed by atoms with Crippen LogP contribution in [0, 0.1) is 5.41 Å². The van der Waals surface area contributed by atoms with Crippen LogP contribution in [0.25, 0.3) is 0 Å². The predicted molar refractivity (Wildman–Crippen MR) is 128 cm³/mol. The van der Waals surface area contributed by atoms with Crippen molar-refractivity contribution in [1.29, 1.82) is 0 Å². The normalized spacial score (nSPS) is 19.6. The molecule has 1 aromatic carbocycles. The van der Waals surface area contributed by atoms with Crippen molar-refractivity contribution >= 4 is 74.9 Å². The average Bonchev–Trinajstić information content (AvgIpc) is 2.71. The number of amides is 1. The van der Waals surface area contributed by atoms with Crippen molar-refractivity contribution in [3.63, 3.8) is 0 Å². The summed E-state index contributed by atoms with van der Waals surface area (Å²) in [6.45, 7) is 3.50.